The maximum absolute atomic E-state index is 12.1. The number of ether oxygens (including phenoxy) is 2. The average molecular weight is 372 g/mol. The molecule has 0 aliphatic rings. The molecule has 0 unspecified atom stereocenters. The summed E-state index contributed by atoms with van der Waals surface area (Å²) in [5.41, 5.74) is 1.46. The Morgan fingerprint density at radius 2 is 1.89 bits per heavy atom. The normalized spacial score (nSPS) is 10.6. The van der Waals surface area contributed by atoms with Crippen LogP contribution in [0.15, 0.2) is 30.5 Å². The van der Waals surface area contributed by atoms with Crippen LogP contribution in [0.1, 0.15) is 36.3 Å². The summed E-state index contributed by atoms with van der Waals surface area (Å²) in [6, 6.07) is 7.43. The minimum atomic E-state index is -0.180. The summed E-state index contributed by atoms with van der Waals surface area (Å²) in [4.78, 5) is 20.6. The number of anilines is 1. The van der Waals surface area contributed by atoms with Gasteiger partial charge in [0.05, 0.1) is 14.2 Å². The topological polar surface area (TPSA) is 85.4 Å². The minimum Gasteiger partial charge on any atom is -0.493 e. The van der Waals surface area contributed by atoms with Crippen LogP contribution in [0.4, 0.5) is 5.95 Å². The maximum Gasteiger partial charge on any atom is 0.270 e. The Kier molecular flexibility index (Phi) is 7.85. The van der Waals surface area contributed by atoms with Crippen LogP contribution in [-0.4, -0.2) is 43.2 Å². The number of aromatic nitrogens is 2. The second kappa shape index (κ2) is 10.4. The highest BCUT2D eigenvalue weighted by molar-refractivity contribution is 5.92. The fraction of sp³-hybridized carbons (Fsp3) is 0.450. The predicted octanol–water partition coefficient (Wildman–Crippen LogP) is 2.92. The van der Waals surface area contributed by atoms with Crippen LogP contribution in [0.5, 0.6) is 11.5 Å². The minimum absolute atomic E-state index is 0.180. The Morgan fingerprint density at radius 1 is 1.11 bits per heavy atom. The standard InChI is InChI=1S/C20H28N4O3/c1-14(2)7-10-21-19(25)16-9-12-23-20(24-16)22-11-8-15-5-6-17(26-3)18(13-15)27-4/h5-6,9,12-14H,7-8,10-11H2,1-4H3,(H,21,25)(H,22,23,24). The van der Waals surface area contributed by atoms with Gasteiger partial charge in [0.25, 0.3) is 5.91 Å². The lowest BCUT2D eigenvalue weighted by Gasteiger charge is -2.10. The molecule has 0 fully saturated rings. The molecule has 0 atom stereocenters. The SMILES string of the molecule is COc1ccc(CCNc2nccc(C(=O)NCCC(C)C)n2)cc1OC. The first kappa shape index (κ1) is 20.5. The number of hydrogen-bond donors (Lipinski definition) is 2. The molecule has 7 nitrogen and oxygen atoms in total. The van der Waals surface area contributed by atoms with Crippen molar-refractivity contribution >= 4 is 11.9 Å². The third-order valence-electron chi connectivity index (χ3n) is 4.04. The lowest BCUT2D eigenvalue weighted by atomic mass is 10.1. The molecule has 0 aliphatic heterocycles. The number of amides is 1. The van der Waals surface area contributed by atoms with Gasteiger partial charge in [-0.1, -0.05) is 19.9 Å². The molecule has 1 aromatic carbocycles. The Hall–Kier alpha value is -2.83. The van der Waals surface area contributed by atoms with Gasteiger partial charge >= 0.3 is 0 Å². The number of benzene rings is 1. The van der Waals surface area contributed by atoms with Crippen molar-refractivity contribution in [1.29, 1.82) is 0 Å². The van der Waals surface area contributed by atoms with E-state index >= 15 is 0 Å². The molecular formula is C20H28N4O3. The molecule has 0 saturated heterocycles. The van der Waals surface area contributed by atoms with Gasteiger partial charge < -0.3 is 20.1 Å². The van der Waals surface area contributed by atoms with E-state index in [4.69, 9.17) is 9.47 Å². The Balaban J connectivity index is 1.88. The van der Waals surface area contributed by atoms with Crippen molar-refractivity contribution in [2.45, 2.75) is 26.7 Å². The number of rotatable bonds is 10. The third-order valence-corrected chi connectivity index (χ3v) is 4.04. The van der Waals surface area contributed by atoms with Gasteiger partial charge in [0.2, 0.25) is 5.95 Å². The summed E-state index contributed by atoms with van der Waals surface area (Å²) in [6.07, 6.45) is 3.28. The zero-order chi connectivity index (χ0) is 19.6. The van der Waals surface area contributed by atoms with Crippen LogP contribution in [0.25, 0.3) is 0 Å². The molecule has 2 rings (SSSR count). The highest BCUT2D eigenvalue weighted by Gasteiger charge is 2.09. The smallest absolute Gasteiger partial charge is 0.270 e. The van der Waals surface area contributed by atoms with E-state index in [-0.39, 0.29) is 5.91 Å². The van der Waals surface area contributed by atoms with Gasteiger partial charge in [-0.25, -0.2) is 9.97 Å². The van der Waals surface area contributed by atoms with E-state index in [9.17, 15) is 4.79 Å². The summed E-state index contributed by atoms with van der Waals surface area (Å²) in [5, 5.41) is 6.03. The second-order valence-corrected chi connectivity index (χ2v) is 6.57. The molecule has 1 heterocycles. The van der Waals surface area contributed by atoms with Crippen LogP contribution >= 0.6 is 0 Å². The number of methoxy groups -OCH3 is 2. The van der Waals surface area contributed by atoms with E-state index in [1.807, 2.05) is 18.2 Å². The zero-order valence-electron chi connectivity index (χ0n) is 16.4. The van der Waals surface area contributed by atoms with E-state index in [0.29, 0.717) is 42.1 Å². The van der Waals surface area contributed by atoms with E-state index in [0.717, 1.165) is 18.4 Å². The van der Waals surface area contributed by atoms with Crippen LogP contribution in [0.2, 0.25) is 0 Å². The van der Waals surface area contributed by atoms with Crippen molar-refractivity contribution in [3.63, 3.8) is 0 Å². The summed E-state index contributed by atoms with van der Waals surface area (Å²) in [7, 11) is 3.23. The summed E-state index contributed by atoms with van der Waals surface area (Å²) < 4.78 is 10.6. The Labute approximate surface area is 160 Å². The number of hydrogen-bond acceptors (Lipinski definition) is 6. The van der Waals surface area contributed by atoms with Crippen LogP contribution in [-0.2, 0) is 6.42 Å². The first-order valence-corrected chi connectivity index (χ1v) is 9.09. The fourth-order valence-electron chi connectivity index (χ4n) is 2.49. The largest absolute Gasteiger partial charge is 0.493 e. The van der Waals surface area contributed by atoms with Gasteiger partial charge in [-0.3, -0.25) is 4.79 Å². The summed E-state index contributed by atoms with van der Waals surface area (Å²) in [6.45, 7) is 5.52. The Bertz CT molecular complexity index is 750. The quantitative estimate of drug-likeness (QED) is 0.667. The number of carbonyl (C=O) groups excluding carboxylic acids is 1. The third kappa shape index (κ3) is 6.44. The second-order valence-electron chi connectivity index (χ2n) is 6.57. The van der Waals surface area contributed by atoms with Gasteiger partial charge in [0, 0.05) is 19.3 Å². The molecule has 27 heavy (non-hydrogen) atoms. The van der Waals surface area contributed by atoms with Crippen LogP contribution in [0.3, 0.4) is 0 Å². The van der Waals surface area contributed by atoms with Crippen molar-refractivity contribution in [2.75, 3.05) is 32.6 Å². The van der Waals surface area contributed by atoms with E-state index in [1.165, 1.54) is 0 Å². The van der Waals surface area contributed by atoms with Crippen molar-refractivity contribution in [2.24, 2.45) is 5.92 Å². The van der Waals surface area contributed by atoms with Gasteiger partial charge in [-0.15, -0.1) is 0 Å². The maximum atomic E-state index is 12.1. The van der Waals surface area contributed by atoms with Crippen molar-refractivity contribution in [1.82, 2.24) is 15.3 Å². The van der Waals surface area contributed by atoms with Gasteiger partial charge in [0.15, 0.2) is 11.5 Å². The molecule has 146 valence electrons. The first-order valence-electron chi connectivity index (χ1n) is 9.09. The molecule has 1 amide bonds. The molecule has 2 N–H and O–H groups in total. The Morgan fingerprint density at radius 3 is 2.59 bits per heavy atom. The molecule has 0 radical (unpaired) electrons. The van der Waals surface area contributed by atoms with E-state index < -0.39 is 0 Å². The number of nitrogens with one attached hydrogen (secondary N) is 2. The van der Waals surface area contributed by atoms with Gasteiger partial charge in [-0.05, 0) is 42.5 Å². The highest BCUT2D eigenvalue weighted by atomic mass is 16.5. The fourth-order valence-corrected chi connectivity index (χ4v) is 2.49. The molecule has 0 saturated carbocycles. The summed E-state index contributed by atoms with van der Waals surface area (Å²) in [5.74, 6) is 2.21. The molecule has 7 heteroatoms. The first-order chi connectivity index (χ1) is 13.0. The van der Waals surface area contributed by atoms with Crippen LogP contribution in [0, 0.1) is 5.92 Å². The molecule has 2 aromatic rings. The van der Waals surface area contributed by atoms with E-state index in [2.05, 4.69) is 34.4 Å². The van der Waals surface area contributed by atoms with Gasteiger partial charge in [-0.2, -0.15) is 0 Å². The molecule has 1 aromatic heterocycles. The van der Waals surface area contributed by atoms with Crippen molar-refractivity contribution in [3.05, 3.63) is 41.7 Å². The molecule has 0 aliphatic carbocycles. The lowest BCUT2D eigenvalue weighted by molar-refractivity contribution is 0.0947. The number of nitrogens with zero attached hydrogens (tertiary/aromatic N) is 2. The van der Waals surface area contributed by atoms with Crippen LogP contribution < -0.4 is 20.1 Å². The van der Waals surface area contributed by atoms with Crippen molar-refractivity contribution < 1.29 is 14.3 Å². The van der Waals surface area contributed by atoms with E-state index in [1.54, 1.807) is 26.5 Å². The predicted molar refractivity (Wildman–Crippen MR) is 106 cm³/mol. The summed E-state index contributed by atoms with van der Waals surface area (Å²) >= 11 is 0. The molecule has 0 bridgehead atoms. The highest BCUT2D eigenvalue weighted by Crippen LogP contribution is 2.27. The van der Waals surface area contributed by atoms with Crippen molar-refractivity contribution in [3.8, 4) is 11.5 Å². The molecular weight excluding hydrogens is 344 g/mol. The molecule has 0 spiro atoms. The zero-order valence-corrected chi connectivity index (χ0v) is 16.4. The lowest BCUT2D eigenvalue weighted by Crippen LogP contribution is -2.26. The average Bonchev–Trinajstić information content (AvgIpc) is 2.67. The van der Waals surface area contributed by atoms with Gasteiger partial charge in [0.1, 0.15) is 5.69 Å². The number of carbonyl (C=O) groups is 1. The monoisotopic (exact) mass is 372 g/mol.